The van der Waals surface area contributed by atoms with E-state index in [1.54, 1.807) is 18.2 Å². The zero-order valence-corrected chi connectivity index (χ0v) is 19.5. The molecule has 0 aliphatic carbocycles. The number of ether oxygens (including phenoxy) is 1. The number of nitrogens with zero attached hydrogens (tertiary/aromatic N) is 3. The number of nitrogens with one attached hydrogen (secondary N) is 3. The molecule has 0 unspecified atom stereocenters. The van der Waals surface area contributed by atoms with Gasteiger partial charge in [-0.05, 0) is 30.3 Å². The van der Waals surface area contributed by atoms with Gasteiger partial charge in [-0.2, -0.15) is 4.98 Å². The van der Waals surface area contributed by atoms with E-state index in [1.165, 1.54) is 11.1 Å². The summed E-state index contributed by atoms with van der Waals surface area (Å²) in [5, 5.41) is 10.5. The van der Waals surface area contributed by atoms with Crippen molar-refractivity contribution < 1.29 is 9.53 Å². The number of para-hydroxylation sites is 1. The summed E-state index contributed by atoms with van der Waals surface area (Å²) in [6, 6.07) is 10.9. The van der Waals surface area contributed by atoms with Crippen LogP contribution in [0.2, 0.25) is 10.0 Å². The van der Waals surface area contributed by atoms with E-state index in [-0.39, 0.29) is 48.9 Å². The van der Waals surface area contributed by atoms with Crippen molar-refractivity contribution in [3.05, 3.63) is 58.2 Å². The first-order valence-corrected chi connectivity index (χ1v) is 10.0. The molecule has 0 bridgehead atoms. The molecule has 2 aromatic carbocycles. The van der Waals surface area contributed by atoms with Crippen LogP contribution in [0.15, 0.2) is 42.6 Å². The van der Waals surface area contributed by atoms with Crippen molar-refractivity contribution in [2.24, 2.45) is 0 Å². The Morgan fingerprint density at radius 1 is 1.03 bits per heavy atom. The highest BCUT2D eigenvalue weighted by Crippen LogP contribution is 2.37. The molecular formula is C20H18Cl4N6O2. The number of hydrogen-bond acceptors (Lipinski definition) is 7. The quantitative estimate of drug-likeness (QED) is 0.441. The third-order valence-electron chi connectivity index (χ3n) is 4.80. The Morgan fingerprint density at radius 2 is 1.75 bits per heavy atom. The predicted molar refractivity (Wildman–Crippen MR) is 132 cm³/mol. The minimum Gasteiger partial charge on any atom is -0.455 e. The molecule has 0 atom stereocenters. The molecule has 3 heterocycles. The van der Waals surface area contributed by atoms with Gasteiger partial charge in [0.1, 0.15) is 5.56 Å². The average molecular weight is 516 g/mol. The first-order valence-electron chi connectivity index (χ1n) is 9.25. The summed E-state index contributed by atoms with van der Waals surface area (Å²) in [6.45, 7) is 1.68. The minimum absolute atomic E-state index is 0. The maximum absolute atomic E-state index is 13.0. The Kier molecular flexibility index (Phi) is 7.40. The van der Waals surface area contributed by atoms with Crippen molar-refractivity contribution >= 4 is 82.6 Å². The number of benzene rings is 2. The van der Waals surface area contributed by atoms with Crippen LogP contribution in [-0.4, -0.2) is 35.7 Å². The first-order chi connectivity index (χ1) is 14.6. The van der Waals surface area contributed by atoms with E-state index < -0.39 is 0 Å². The van der Waals surface area contributed by atoms with Crippen molar-refractivity contribution in [3.8, 4) is 5.88 Å². The standard InChI is InChI=1S/C20H16Cl2N6O2.2ClH/c21-13-2-1-3-14(22)17(13)28-10-30-18-12(19(28)29)9-25-20(27-18)26-11-4-5-15-16(8-11)24-7-6-23-15;;/h1-5,8-9,23-24H,6-7,10H2,(H,25,26,27);2*1H. The van der Waals surface area contributed by atoms with Gasteiger partial charge in [-0.25, -0.2) is 4.98 Å². The van der Waals surface area contributed by atoms with Crippen LogP contribution in [0.3, 0.4) is 0 Å². The molecule has 12 heteroatoms. The van der Waals surface area contributed by atoms with E-state index >= 15 is 0 Å². The number of carbonyl (C=O) groups excluding carboxylic acids is 1. The third kappa shape index (κ3) is 4.45. The van der Waals surface area contributed by atoms with Crippen LogP contribution in [0.25, 0.3) is 0 Å². The third-order valence-corrected chi connectivity index (χ3v) is 5.41. The number of amides is 1. The Bertz CT molecular complexity index is 1140. The zero-order chi connectivity index (χ0) is 20.7. The van der Waals surface area contributed by atoms with Gasteiger partial charge in [-0.3, -0.25) is 9.69 Å². The Morgan fingerprint density at radius 3 is 2.50 bits per heavy atom. The normalized spacial score (nSPS) is 13.8. The van der Waals surface area contributed by atoms with Gasteiger partial charge >= 0.3 is 0 Å². The Labute approximate surface area is 206 Å². The molecule has 0 fully saturated rings. The summed E-state index contributed by atoms with van der Waals surface area (Å²) in [7, 11) is 0. The van der Waals surface area contributed by atoms with E-state index in [0.29, 0.717) is 21.7 Å². The lowest BCUT2D eigenvalue weighted by Gasteiger charge is -2.29. The van der Waals surface area contributed by atoms with Gasteiger partial charge in [-0.1, -0.05) is 29.3 Å². The molecule has 2 aliphatic heterocycles. The topological polar surface area (TPSA) is 91.4 Å². The molecule has 2 aliphatic rings. The fourth-order valence-electron chi connectivity index (χ4n) is 3.37. The SMILES string of the molecule is Cl.Cl.O=C1c2cnc(Nc3ccc4c(c3)NCCN4)nc2OCN1c1c(Cl)cccc1Cl. The number of anilines is 5. The molecule has 1 aromatic heterocycles. The molecule has 3 aromatic rings. The van der Waals surface area contributed by atoms with E-state index in [9.17, 15) is 4.79 Å². The van der Waals surface area contributed by atoms with Crippen LogP contribution in [0.5, 0.6) is 5.88 Å². The molecule has 3 N–H and O–H groups in total. The van der Waals surface area contributed by atoms with E-state index in [4.69, 9.17) is 27.9 Å². The van der Waals surface area contributed by atoms with Crippen molar-refractivity contribution in [2.75, 3.05) is 40.7 Å². The fraction of sp³-hybridized carbons (Fsp3) is 0.150. The lowest BCUT2D eigenvalue weighted by Crippen LogP contribution is -2.39. The van der Waals surface area contributed by atoms with Gasteiger partial charge in [0.15, 0.2) is 6.73 Å². The Hall–Kier alpha value is -2.65. The summed E-state index contributed by atoms with van der Waals surface area (Å²) in [5.41, 5.74) is 3.50. The molecule has 0 spiro atoms. The second kappa shape index (κ2) is 9.87. The van der Waals surface area contributed by atoms with Crippen LogP contribution in [0.1, 0.15) is 10.4 Å². The molecule has 0 saturated carbocycles. The number of halogens is 4. The van der Waals surface area contributed by atoms with Gasteiger partial charge < -0.3 is 20.7 Å². The van der Waals surface area contributed by atoms with E-state index in [0.717, 1.165) is 30.2 Å². The highest BCUT2D eigenvalue weighted by Gasteiger charge is 2.31. The van der Waals surface area contributed by atoms with Gasteiger partial charge in [0.2, 0.25) is 11.8 Å². The van der Waals surface area contributed by atoms with Gasteiger partial charge in [-0.15, -0.1) is 24.8 Å². The monoisotopic (exact) mass is 514 g/mol. The summed E-state index contributed by atoms with van der Waals surface area (Å²) in [4.78, 5) is 23.0. The summed E-state index contributed by atoms with van der Waals surface area (Å²) < 4.78 is 5.71. The van der Waals surface area contributed by atoms with Crippen molar-refractivity contribution in [1.82, 2.24) is 9.97 Å². The van der Waals surface area contributed by atoms with E-state index in [1.807, 2.05) is 18.2 Å². The maximum atomic E-state index is 13.0. The number of aromatic nitrogens is 2. The number of hydrogen-bond donors (Lipinski definition) is 3. The number of carbonyl (C=O) groups is 1. The van der Waals surface area contributed by atoms with Gasteiger partial charge in [0.25, 0.3) is 5.91 Å². The summed E-state index contributed by atoms with van der Waals surface area (Å²) in [6.07, 6.45) is 1.43. The molecule has 8 nitrogen and oxygen atoms in total. The molecule has 0 saturated heterocycles. The van der Waals surface area contributed by atoms with E-state index in [2.05, 4.69) is 25.9 Å². The minimum atomic E-state index is -0.332. The lowest BCUT2D eigenvalue weighted by atomic mass is 10.2. The number of rotatable bonds is 3. The lowest BCUT2D eigenvalue weighted by molar-refractivity contribution is 0.0932. The van der Waals surface area contributed by atoms with Crippen LogP contribution in [0, 0.1) is 0 Å². The molecular weight excluding hydrogens is 498 g/mol. The average Bonchev–Trinajstić information content (AvgIpc) is 2.75. The fourth-order valence-corrected chi connectivity index (χ4v) is 3.97. The van der Waals surface area contributed by atoms with Gasteiger partial charge in [0.05, 0.1) is 27.1 Å². The summed E-state index contributed by atoms with van der Waals surface area (Å²) in [5.74, 6) is 0.200. The smallest absolute Gasteiger partial charge is 0.268 e. The largest absolute Gasteiger partial charge is 0.455 e. The highest BCUT2D eigenvalue weighted by molar-refractivity contribution is 6.40. The molecule has 168 valence electrons. The molecule has 5 rings (SSSR count). The molecule has 32 heavy (non-hydrogen) atoms. The molecule has 1 amide bonds. The van der Waals surface area contributed by atoms with Crippen molar-refractivity contribution in [3.63, 3.8) is 0 Å². The maximum Gasteiger partial charge on any atom is 0.268 e. The predicted octanol–water partition coefficient (Wildman–Crippen LogP) is 5.20. The van der Waals surface area contributed by atoms with Gasteiger partial charge in [0, 0.05) is 25.0 Å². The zero-order valence-electron chi connectivity index (χ0n) is 16.4. The summed E-state index contributed by atoms with van der Waals surface area (Å²) >= 11 is 12.5. The van der Waals surface area contributed by atoms with Crippen LogP contribution in [-0.2, 0) is 0 Å². The number of fused-ring (bicyclic) bond motifs is 2. The van der Waals surface area contributed by atoms with Crippen LogP contribution in [0.4, 0.5) is 28.7 Å². The highest BCUT2D eigenvalue weighted by atomic mass is 35.5. The van der Waals surface area contributed by atoms with Crippen molar-refractivity contribution in [2.45, 2.75) is 0 Å². The second-order valence-electron chi connectivity index (χ2n) is 6.73. The Balaban J connectivity index is 0.00000144. The van der Waals surface area contributed by atoms with Crippen molar-refractivity contribution in [1.29, 1.82) is 0 Å². The van der Waals surface area contributed by atoms with Crippen LogP contribution >= 0.6 is 48.0 Å². The molecule has 0 radical (unpaired) electrons. The second-order valence-corrected chi connectivity index (χ2v) is 7.54. The van der Waals surface area contributed by atoms with Crippen LogP contribution < -0.4 is 25.6 Å². The first kappa shape index (κ1) is 24.0.